The van der Waals surface area contributed by atoms with E-state index in [1.807, 2.05) is 36.4 Å². The standard InChI is InChI=1S/C16H16BrNO/c17-11-10-16(19)18-15-9-5-4-8-14(15)12-13-6-2-1-3-7-13/h1-9H,10-12H2,(H,18,19). The zero-order valence-corrected chi connectivity index (χ0v) is 12.2. The zero-order chi connectivity index (χ0) is 13.5. The number of carbonyl (C=O) groups excluding carboxylic acids is 1. The largest absolute Gasteiger partial charge is 0.326 e. The van der Waals surface area contributed by atoms with E-state index in [0.29, 0.717) is 11.8 Å². The van der Waals surface area contributed by atoms with Crippen molar-refractivity contribution in [1.82, 2.24) is 0 Å². The van der Waals surface area contributed by atoms with Gasteiger partial charge in [0.2, 0.25) is 5.91 Å². The first-order valence-electron chi connectivity index (χ1n) is 6.27. The van der Waals surface area contributed by atoms with Gasteiger partial charge in [0.1, 0.15) is 0 Å². The van der Waals surface area contributed by atoms with Gasteiger partial charge in [-0.3, -0.25) is 4.79 Å². The highest BCUT2D eigenvalue weighted by atomic mass is 79.9. The molecule has 98 valence electrons. The van der Waals surface area contributed by atoms with Gasteiger partial charge in [-0.25, -0.2) is 0 Å². The molecule has 0 heterocycles. The number of amides is 1. The lowest BCUT2D eigenvalue weighted by atomic mass is 10.0. The lowest BCUT2D eigenvalue weighted by Crippen LogP contribution is -2.13. The Morgan fingerprint density at radius 1 is 1.00 bits per heavy atom. The van der Waals surface area contributed by atoms with Crippen molar-refractivity contribution in [3.63, 3.8) is 0 Å². The first kappa shape index (κ1) is 13.8. The molecule has 0 radical (unpaired) electrons. The third kappa shape index (κ3) is 4.21. The van der Waals surface area contributed by atoms with Crippen molar-refractivity contribution in [2.45, 2.75) is 12.8 Å². The summed E-state index contributed by atoms with van der Waals surface area (Å²) in [5, 5.41) is 3.64. The third-order valence-electron chi connectivity index (χ3n) is 2.85. The number of para-hydroxylation sites is 1. The maximum Gasteiger partial charge on any atom is 0.225 e. The quantitative estimate of drug-likeness (QED) is 0.830. The molecule has 0 aromatic heterocycles. The molecule has 19 heavy (non-hydrogen) atoms. The molecule has 0 atom stereocenters. The van der Waals surface area contributed by atoms with Crippen molar-refractivity contribution in [3.05, 3.63) is 65.7 Å². The van der Waals surface area contributed by atoms with Crippen molar-refractivity contribution >= 4 is 27.5 Å². The SMILES string of the molecule is O=C(CCBr)Nc1ccccc1Cc1ccccc1. The predicted molar refractivity (Wildman–Crippen MR) is 82.7 cm³/mol. The van der Waals surface area contributed by atoms with E-state index in [-0.39, 0.29) is 5.91 Å². The number of hydrogen-bond acceptors (Lipinski definition) is 1. The fourth-order valence-corrected chi connectivity index (χ4v) is 2.27. The smallest absolute Gasteiger partial charge is 0.225 e. The van der Waals surface area contributed by atoms with Gasteiger partial charge in [-0.05, 0) is 23.6 Å². The first-order valence-corrected chi connectivity index (χ1v) is 7.39. The van der Waals surface area contributed by atoms with Crippen LogP contribution in [0.15, 0.2) is 54.6 Å². The van der Waals surface area contributed by atoms with Crippen molar-refractivity contribution in [2.75, 3.05) is 10.6 Å². The van der Waals surface area contributed by atoms with Crippen LogP contribution in [-0.4, -0.2) is 11.2 Å². The van der Waals surface area contributed by atoms with E-state index in [9.17, 15) is 4.79 Å². The number of benzene rings is 2. The molecular weight excluding hydrogens is 302 g/mol. The van der Waals surface area contributed by atoms with Crippen LogP contribution in [0.4, 0.5) is 5.69 Å². The Morgan fingerprint density at radius 3 is 2.42 bits per heavy atom. The van der Waals surface area contributed by atoms with Gasteiger partial charge in [0, 0.05) is 17.4 Å². The number of nitrogens with one attached hydrogen (secondary N) is 1. The maximum absolute atomic E-state index is 11.7. The average Bonchev–Trinajstić information content (AvgIpc) is 2.42. The van der Waals surface area contributed by atoms with Crippen LogP contribution in [0, 0.1) is 0 Å². The highest BCUT2D eigenvalue weighted by Gasteiger charge is 2.06. The second kappa shape index (κ2) is 7.10. The van der Waals surface area contributed by atoms with Gasteiger partial charge in [-0.15, -0.1) is 0 Å². The van der Waals surface area contributed by atoms with Gasteiger partial charge in [0.15, 0.2) is 0 Å². The van der Waals surface area contributed by atoms with Crippen molar-refractivity contribution in [3.8, 4) is 0 Å². The lowest BCUT2D eigenvalue weighted by molar-refractivity contribution is -0.115. The fraction of sp³-hybridized carbons (Fsp3) is 0.188. The van der Waals surface area contributed by atoms with E-state index in [1.165, 1.54) is 5.56 Å². The summed E-state index contributed by atoms with van der Waals surface area (Å²) >= 11 is 3.27. The number of rotatable bonds is 5. The monoisotopic (exact) mass is 317 g/mol. The second-order valence-corrected chi connectivity index (χ2v) is 5.10. The van der Waals surface area contributed by atoms with Crippen LogP contribution < -0.4 is 5.32 Å². The van der Waals surface area contributed by atoms with Crippen molar-refractivity contribution in [2.24, 2.45) is 0 Å². The van der Waals surface area contributed by atoms with Crippen LogP contribution in [0.2, 0.25) is 0 Å². The molecule has 3 heteroatoms. The molecule has 0 saturated heterocycles. The Labute approximate surface area is 122 Å². The summed E-state index contributed by atoms with van der Waals surface area (Å²) in [6.07, 6.45) is 1.31. The van der Waals surface area contributed by atoms with E-state index >= 15 is 0 Å². The molecule has 0 spiro atoms. The molecule has 0 aliphatic rings. The van der Waals surface area contributed by atoms with E-state index < -0.39 is 0 Å². The second-order valence-electron chi connectivity index (χ2n) is 4.31. The highest BCUT2D eigenvalue weighted by Crippen LogP contribution is 2.19. The fourth-order valence-electron chi connectivity index (χ4n) is 1.91. The molecule has 0 aliphatic carbocycles. The van der Waals surface area contributed by atoms with Gasteiger partial charge in [0.05, 0.1) is 0 Å². The first-order chi connectivity index (χ1) is 9.29. The summed E-state index contributed by atoms with van der Waals surface area (Å²) in [5.41, 5.74) is 3.28. The van der Waals surface area contributed by atoms with Crippen LogP contribution in [0.5, 0.6) is 0 Å². The van der Waals surface area contributed by atoms with E-state index in [4.69, 9.17) is 0 Å². The molecule has 1 amide bonds. The van der Waals surface area contributed by atoms with Gasteiger partial charge >= 0.3 is 0 Å². The summed E-state index contributed by atoms with van der Waals surface area (Å²) in [6.45, 7) is 0. The van der Waals surface area contributed by atoms with Crippen LogP contribution in [0.3, 0.4) is 0 Å². The number of hydrogen-bond donors (Lipinski definition) is 1. The Bertz CT molecular complexity index is 539. The molecule has 2 aromatic carbocycles. The molecule has 0 fully saturated rings. The summed E-state index contributed by atoms with van der Waals surface area (Å²) in [7, 11) is 0. The minimum atomic E-state index is 0.0392. The van der Waals surface area contributed by atoms with Crippen LogP contribution in [0.25, 0.3) is 0 Å². The van der Waals surface area contributed by atoms with Crippen LogP contribution in [0.1, 0.15) is 17.5 Å². The average molecular weight is 318 g/mol. The van der Waals surface area contributed by atoms with Crippen molar-refractivity contribution < 1.29 is 4.79 Å². The van der Waals surface area contributed by atoms with E-state index in [0.717, 1.165) is 17.7 Å². The zero-order valence-electron chi connectivity index (χ0n) is 10.6. The minimum Gasteiger partial charge on any atom is -0.326 e. The normalized spacial score (nSPS) is 10.2. The van der Waals surface area contributed by atoms with Crippen LogP contribution in [-0.2, 0) is 11.2 Å². The van der Waals surface area contributed by atoms with Gasteiger partial charge < -0.3 is 5.32 Å². The lowest BCUT2D eigenvalue weighted by Gasteiger charge is -2.10. The predicted octanol–water partition coefficient (Wildman–Crippen LogP) is 4.00. The number of halogens is 1. The van der Waals surface area contributed by atoms with Crippen molar-refractivity contribution in [1.29, 1.82) is 0 Å². The maximum atomic E-state index is 11.7. The number of anilines is 1. The Hall–Kier alpha value is -1.61. The summed E-state index contributed by atoms with van der Waals surface area (Å²) in [5.74, 6) is 0.0392. The molecule has 2 nitrogen and oxygen atoms in total. The highest BCUT2D eigenvalue weighted by molar-refractivity contribution is 9.09. The molecule has 0 unspecified atom stereocenters. The third-order valence-corrected chi connectivity index (χ3v) is 3.25. The number of alkyl halides is 1. The molecule has 0 saturated carbocycles. The Morgan fingerprint density at radius 2 is 1.68 bits per heavy atom. The Kier molecular flexibility index (Phi) is 5.16. The summed E-state index contributed by atoms with van der Waals surface area (Å²) in [4.78, 5) is 11.7. The topological polar surface area (TPSA) is 29.1 Å². The van der Waals surface area contributed by atoms with Crippen LogP contribution >= 0.6 is 15.9 Å². The molecule has 2 aromatic rings. The van der Waals surface area contributed by atoms with E-state index in [1.54, 1.807) is 0 Å². The molecule has 0 bridgehead atoms. The molecule has 1 N–H and O–H groups in total. The Balaban J connectivity index is 2.14. The summed E-state index contributed by atoms with van der Waals surface area (Å²) < 4.78 is 0. The van der Waals surface area contributed by atoms with Gasteiger partial charge in [0.25, 0.3) is 0 Å². The van der Waals surface area contributed by atoms with Gasteiger partial charge in [-0.1, -0.05) is 64.5 Å². The number of carbonyl (C=O) groups is 1. The minimum absolute atomic E-state index is 0.0392. The summed E-state index contributed by atoms with van der Waals surface area (Å²) in [6, 6.07) is 18.2. The van der Waals surface area contributed by atoms with Gasteiger partial charge in [-0.2, -0.15) is 0 Å². The van der Waals surface area contributed by atoms with E-state index in [2.05, 4.69) is 39.4 Å². The molecule has 0 aliphatic heterocycles. The molecular formula is C16H16BrNO. The molecule has 2 rings (SSSR count).